The minimum Gasteiger partial charge on any atom is -0.508 e. The molecule has 0 amide bonds. The van der Waals surface area contributed by atoms with Gasteiger partial charge in [-0.25, -0.2) is 0 Å². The third-order valence-electron chi connectivity index (χ3n) is 3.19. The highest BCUT2D eigenvalue weighted by Crippen LogP contribution is 2.28. The number of pyridine rings is 1. The molecule has 0 radical (unpaired) electrons. The number of rotatable bonds is 2. The number of phenolic OH excluding ortho intramolecular Hbond substituents is 2. The lowest BCUT2D eigenvalue weighted by Gasteiger charge is -2.05. The molecule has 0 bridgehead atoms. The molecule has 104 valence electrons. The molecule has 0 spiro atoms. The number of fused-ring (bicyclic) bond motifs is 1. The van der Waals surface area contributed by atoms with E-state index in [-0.39, 0.29) is 22.8 Å². The van der Waals surface area contributed by atoms with E-state index in [1.165, 1.54) is 18.2 Å². The van der Waals surface area contributed by atoms with E-state index in [4.69, 9.17) is 0 Å². The number of hydrogen-bond acceptors (Lipinski definition) is 4. The minimum absolute atomic E-state index is 0.0548. The van der Waals surface area contributed by atoms with Crippen LogP contribution in [0.15, 0.2) is 54.7 Å². The third-order valence-corrected chi connectivity index (χ3v) is 3.19. The summed E-state index contributed by atoms with van der Waals surface area (Å²) in [6.45, 7) is 0. The van der Waals surface area contributed by atoms with E-state index in [0.29, 0.717) is 0 Å². The Kier molecular flexibility index (Phi) is 3.20. The first-order valence-corrected chi connectivity index (χ1v) is 6.41. The van der Waals surface area contributed by atoms with Crippen LogP contribution in [0.5, 0.6) is 11.5 Å². The van der Waals surface area contributed by atoms with Crippen LogP contribution in [-0.2, 0) is 0 Å². The van der Waals surface area contributed by atoms with Crippen molar-refractivity contribution < 1.29 is 15.3 Å². The molecule has 0 fully saturated rings. The molecule has 3 rings (SSSR count). The second kappa shape index (κ2) is 5.17. The highest BCUT2D eigenvalue weighted by Gasteiger charge is 2.07. The van der Waals surface area contributed by atoms with Crippen molar-refractivity contribution in [3.63, 3.8) is 0 Å². The van der Waals surface area contributed by atoms with Crippen molar-refractivity contribution in [2.45, 2.75) is 0 Å². The molecule has 0 atom stereocenters. The van der Waals surface area contributed by atoms with Gasteiger partial charge in [0.1, 0.15) is 17.3 Å². The van der Waals surface area contributed by atoms with Gasteiger partial charge in [-0.1, -0.05) is 12.1 Å². The van der Waals surface area contributed by atoms with Gasteiger partial charge < -0.3 is 15.3 Å². The van der Waals surface area contributed by atoms with Gasteiger partial charge in [-0.05, 0) is 42.0 Å². The predicted octanol–water partition coefficient (Wildman–Crippen LogP) is 3.70. The maximum absolute atomic E-state index is 10.1. The Morgan fingerprint density at radius 1 is 1.00 bits per heavy atom. The van der Waals surface area contributed by atoms with Crippen LogP contribution in [0.25, 0.3) is 22.7 Å². The summed E-state index contributed by atoms with van der Waals surface area (Å²) >= 11 is 0. The van der Waals surface area contributed by atoms with Crippen LogP contribution in [0.4, 0.5) is 0 Å². The normalized spacial score (nSPS) is 11.7. The van der Waals surface area contributed by atoms with E-state index in [1.807, 2.05) is 30.3 Å². The molecule has 2 aromatic carbocycles. The SMILES string of the molecule is O/C(=C\c1ccc2ncccc2c1)c1ccc(O)cc1O. The van der Waals surface area contributed by atoms with Gasteiger partial charge in [0.25, 0.3) is 0 Å². The summed E-state index contributed by atoms with van der Waals surface area (Å²) in [4.78, 5) is 4.23. The second-order valence-corrected chi connectivity index (χ2v) is 4.69. The molecule has 0 saturated heterocycles. The summed E-state index contributed by atoms with van der Waals surface area (Å²) in [7, 11) is 0. The highest BCUT2D eigenvalue weighted by atomic mass is 16.3. The number of hydrogen-bond donors (Lipinski definition) is 3. The largest absolute Gasteiger partial charge is 0.508 e. The lowest BCUT2D eigenvalue weighted by molar-refractivity contribution is 0.443. The van der Waals surface area contributed by atoms with E-state index < -0.39 is 0 Å². The molecule has 0 aliphatic rings. The summed E-state index contributed by atoms with van der Waals surface area (Å²) in [5.74, 6) is -0.303. The van der Waals surface area contributed by atoms with Crippen molar-refractivity contribution in [1.82, 2.24) is 4.98 Å². The maximum Gasteiger partial charge on any atom is 0.130 e. The molecule has 0 unspecified atom stereocenters. The monoisotopic (exact) mass is 279 g/mol. The number of aromatic hydroxyl groups is 2. The molecular formula is C17H13NO3. The van der Waals surface area contributed by atoms with Gasteiger partial charge in [0.15, 0.2) is 0 Å². The van der Waals surface area contributed by atoms with Crippen molar-refractivity contribution in [2.24, 2.45) is 0 Å². The smallest absolute Gasteiger partial charge is 0.130 e. The minimum atomic E-state index is -0.175. The summed E-state index contributed by atoms with van der Waals surface area (Å²) < 4.78 is 0. The first kappa shape index (κ1) is 13.0. The molecule has 3 aromatic rings. The summed E-state index contributed by atoms with van der Waals surface area (Å²) in [5, 5.41) is 30.1. The fraction of sp³-hybridized carbons (Fsp3) is 0. The lowest BCUT2D eigenvalue weighted by atomic mass is 10.1. The van der Waals surface area contributed by atoms with Gasteiger partial charge in [-0.2, -0.15) is 0 Å². The van der Waals surface area contributed by atoms with E-state index >= 15 is 0 Å². The van der Waals surface area contributed by atoms with Crippen LogP contribution in [-0.4, -0.2) is 20.3 Å². The molecule has 1 aromatic heterocycles. The van der Waals surface area contributed by atoms with Crippen molar-refractivity contribution in [2.75, 3.05) is 0 Å². The van der Waals surface area contributed by atoms with Gasteiger partial charge in [0, 0.05) is 17.6 Å². The number of aromatic nitrogens is 1. The zero-order valence-electron chi connectivity index (χ0n) is 11.1. The standard InChI is InChI=1S/C17H13NO3/c19-13-4-5-14(17(21)10-13)16(20)9-11-3-6-15-12(8-11)2-1-7-18-15/h1-10,19-21H/b16-9-. The molecule has 4 heteroatoms. The van der Waals surface area contributed by atoms with Crippen LogP contribution < -0.4 is 0 Å². The quantitative estimate of drug-likeness (QED) is 0.494. The Morgan fingerprint density at radius 3 is 2.67 bits per heavy atom. The number of aliphatic hydroxyl groups is 1. The molecule has 0 aliphatic carbocycles. The number of nitrogens with zero attached hydrogens (tertiary/aromatic N) is 1. The average Bonchev–Trinajstić information content (AvgIpc) is 2.47. The molecule has 0 saturated carbocycles. The number of benzene rings is 2. The summed E-state index contributed by atoms with van der Waals surface area (Å²) in [6.07, 6.45) is 3.28. The molecule has 0 aliphatic heterocycles. The summed E-state index contributed by atoms with van der Waals surface area (Å²) in [5.41, 5.74) is 1.93. The van der Waals surface area contributed by atoms with Gasteiger partial charge in [-0.15, -0.1) is 0 Å². The van der Waals surface area contributed by atoms with Gasteiger partial charge in [-0.3, -0.25) is 4.98 Å². The number of aliphatic hydroxyl groups excluding tert-OH is 1. The number of phenols is 2. The van der Waals surface area contributed by atoms with Crippen LogP contribution >= 0.6 is 0 Å². The van der Waals surface area contributed by atoms with Crippen molar-refractivity contribution >= 4 is 22.7 Å². The van der Waals surface area contributed by atoms with E-state index in [2.05, 4.69) is 4.98 Å². The zero-order chi connectivity index (χ0) is 14.8. The fourth-order valence-electron chi connectivity index (χ4n) is 2.16. The first-order valence-electron chi connectivity index (χ1n) is 6.41. The maximum atomic E-state index is 10.1. The average molecular weight is 279 g/mol. The topological polar surface area (TPSA) is 73.6 Å². The van der Waals surface area contributed by atoms with Gasteiger partial charge in [0.05, 0.1) is 11.1 Å². The van der Waals surface area contributed by atoms with Crippen molar-refractivity contribution in [3.8, 4) is 11.5 Å². The van der Waals surface area contributed by atoms with Crippen LogP contribution in [0.1, 0.15) is 11.1 Å². The molecular weight excluding hydrogens is 266 g/mol. The van der Waals surface area contributed by atoms with Crippen LogP contribution in [0, 0.1) is 0 Å². The predicted molar refractivity (Wildman–Crippen MR) is 82.0 cm³/mol. The van der Waals surface area contributed by atoms with Crippen LogP contribution in [0.3, 0.4) is 0 Å². The van der Waals surface area contributed by atoms with Crippen molar-refractivity contribution in [3.05, 3.63) is 65.9 Å². The Hall–Kier alpha value is -3.01. The molecule has 4 nitrogen and oxygen atoms in total. The van der Waals surface area contributed by atoms with Crippen LogP contribution in [0.2, 0.25) is 0 Å². The van der Waals surface area contributed by atoms with E-state index in [1.54, 1.807) is 12.3 Å². The first-order chi connectivity index (χ1) is 10.1. The Bertz CT molecular complexity index is 840. The molecule has 3 N–H and O–H groups in total. The Morgan fingerprint density at radius 2 is 1.86 bits per heavy atom. The second-order valence-electron chi connectivity index (χ2n) is 4.69. The van der Waals surface area contributed by atoms with Gasteiger partial charge >= 0.3 is 0 Å². The van der Waals surface area contributed by atoms with E-state index in [0.717, 1.165) is 16.5 Å². The van der Waals surface area contributed by atoms with Gasteiger partial charge in [0.2, 0.25) is 0 Å². The Balaban J connectivity index is 2.02. The Labute approximate surface area is 121 Å². The van der Waals surface area contributed by atoms with Crippen molar-refractivity contribution in [1.29, 1.82) is 0 Å². The summed E-state index contributed by atoms with van der Waals surface area (Å²) in [6, 6.07) is 13.4. The fourth-order valence-corrected chi connectivity index (χ4v) is 2.16. The third kappa shape index (κ3) is 2.65. The molecule has 1 heterocycles. The highest BCUT2D eigenvalue weighted by molar-refractivity contribution is 5.85. The van der Waals surface area contributed by atoms with E-state index in [9.17, 15) is 15.3 Å². The molecule has 21 heavy (non-hydrogen) atoms. The lowest BCUT2D eigenvalue weighted by Crippen LogP contribution is -1.85. The zero-order valence-corrected chi connectivity index (χ0v) is 11.1.